The van der Waals surface area contributed by atoms with Crippen LogP contribution in [0.15, 0.2) is 42.5 Å². The van der Waals surface area contributed by atoms with E-state index in [0.29, 0.717) is 34.3 Å². The van der Waals surface area contributed by atoms with Crippen LogP contribution in [-0.2, 0) is 26.2 Å². The number of carbonyl (C=O) groups is 2. The average molecular weight is 557 g/mol. The van der Waals surface area contributed by atoms with Crippen molar-refractivity contribution in [3.8, 4) is 0 Å². The fraction of sp³-hybridized carbons (Fsp3) is 0.462. The zero-order valence-electron chi connectivity index (χ0n) is 21.4. The number of sulfonamides is 1. The summed E-state index contributed by atoms with van der Waals surface area (Å²) in [6.07, 6.45) is 2.16. The number of hydrogen-bond acceptors (Lipinski definition) is 4. The predicted molar refractivity (Wildman–Crippen MR) is 147 cm³/mol. The summed E-state index contributed by atoms with van der Waals surface area (Å²) in [6, 6.07) is 11.2. The molecule has 0 bridgehead atoms. The Morgan fingerprint density at radius 3 is 2.28 bits per heavy atom. The van der Waals surface area contributed by atoms with E-state index in [4.69, 9.17) is 23.2 Å². The lowest BCUT2D eigenvalue weighted by molar-refractivity contribution is -0.140. The normalized spacial score (nSPS) is 12.3. The minimum Gasteiger partial charge on any atom is -0.354 e. The SMILES string of the molecule is CCCNC(=O)C(CC)N(Cc1ccc(Cl)cc1Cl)C(=O)CN(c1ccccc1C(C)C)S(C)(=O)=O. The van der Waals surface area contributed by atoms with E-state index in [9.17, 15) is 18.0 Å². The molecule has 0 heterocycles. The summed E-state index contributed by atoms with van der Waals surface area (Å²) in [7, 11) is -3.81. The van der Waals surface area contributed by atoms with E-state index in [1.54, 1.807) is 30.3 Å². The zero-order chi connectivity index (χ0) is 27.0. The summed E-state index contributed by atoms with van der Waals surface area (Å²) in [6.45, 7) is 7.70. The van der Waals surface area contributed by atoms with Gasteiger partial charge in [-0.05, 0) is 48.1 Å². The van der Waals surface area contributed by atoms with Crippen molar-refractivity contribution in [1.29, 1.82) is 0 Å². The molecule has 0 aromatic heterocycles. The summed E-state index contributed by atoms with van der Waals surface area (Å²) in [5, 5.41) is 3.65. The Morgan fingerprint density at radius 2 is 1.72 bits per heavy atom. The number of halogens is 2. The summed E-state index contributed by atoms with van der Waals surface area (Å²) in [5.74, 6) is -0.775. The van der Waals surface area contributed by atoms with Crippen molar-refractivity contribution in [2.24, 2.45) is 0 Å². The predicted octanol–water partition coefficient (Wildman–Crippen LogP) is 5.22. The standard InChI is InChI=1S/C26H35Cl2N3O4S/c1-6-14-29-26(33)23(7-2)30(16-19-12-13-20(27)15-22(19)28)25(32)17-31(36(5,34)35)24-11-9-8-10-21(24)18(3)4/h8-13,15,18,23H,6-7,14,16-17H2,1-5H3,(H,29,33). The van der Waals surface area contributed by atoms with Crippen molar-refractivity contribution < 1.29 is 18.0 Å². The molecule has 2 rings (SSSR count). The molecule has 0 aliphatic carbocycles. The van der Waals surface area contributed by atoms with Crippen molar-refractivity contribution in [3.05, 3.63) is 63.6 Å². The lowest BCUT2D eigenvalue weighted by Gasteiger charge is -2.33. The van der Waals surface area contributed by atoms with Crippen LogP contribution in [0.25, 0.3) is 0 Å². The smallest absolute Gasteiger partial charge is 0.244 e. The Labute approximate surface area is 224 Å². The van der Waals surface area contributed by atoms with Gasteiger partial charge in [0.1, 0.15) is 12.6 Å². The number of hydrogen-bond donors (Lipinski definition) is 1. The first-order chi connectivity index (χ1) is 16.9. The molecule has 0 fully saturated rings. The average Bonchev–Trinajstić information content (AvgIpc) is 2.81. The number of para-hydroxylation sites is 1. The summed E-state index contributed by atoms with van der Waals surface area (Å²) >= 11 is 12.4. The Morgan fingerprint density at radius 1 is 1.06 bits per heavy atom. The van der Waals surface area contributed by atoms with Crippen LogP contribution in [0.5, 0.6) is 0 Å². The number of carbonyl (C=O) groups excluding carboxylic acids is 2. The van der Waals surface area contributed by atoms with Gasteiger partial charge in [0.15, 0.2) is 0 Å². The molecule has 7 nitrogen and oxygen atoms in total. The molecule has 1 atom stereocenters. The third-order valence-corrected chi connectivity index (χ3v) is 7.51. The zero-order valence-corrected chi connectivity index (χ0v) is 23.8. The maximum atomic E-state index is 13.8. The highest BCUT2D eigenvalue weighted by molar-refractivity contribution is 7.92. The first kappa shape index (κ1) is 29.9. The van der Waals surface area contributed by atoms with E-state index in [-0.39, 0.29) is 18.4 Å². The van der Waals surface area contributed by atoms with Gasteiger partial charge in [-0.2, -0.15) is 0 Å². The highest BCUT2D eigenvalue weighted by Crippen LogP contribution is 2.30. The molecule has 0 saturated carbocycles. The van der Waals surface area contributed by atoms with Crippen LogP contribution in [-0.4, -0.2) is 50.5 Å². The molecule has 0 aliphatic rings. The lowest BCUT2D eigenvalue weighted by atomic mass is 10.0. The van der Waals surface area contributed by atoms with Crippen molar-refractivity contribution in [1.82, 2.24) is 10.2 Å². The minimum absolute atomic E-state index is 0.0241. The molecule has 36 heavy (non-hydrogen) atoms. The van der Waals surface area contributed by atoms with E-state index in [2.05, 4.69) is 5.32 Å². The molecular weight excluding hydrogens is 521 g/mol. The second-order valence-corrected chi connectivity index (χ2v) is 11.7. The van der Waals surface area contributed by atoms with Crippen LogP contribution >= 0.6 is 23.2 Å². The van der Waals surface area contributed by atoms with Gasteiger partial charge >= 0.3 is 0 Å². The van der Waals surface area contributed by atoms with Gasteiger partial charge in [-0.3, -0.25) is 13.9 Å². The van der Waals surface area contributed by atoms with Crippen LogP contribution in [0.2, 0.25) is 10.0 Å². The van der Waals surface area contributed by atoms with Gasteiger partial charge in [-0.1, -0.05) is 75.2 Å². The number of nitrogens with zero attached hydrogens (tertiary/aromatic N) is 2. The largest absolute Gasteiger partial charge is 0.354 e. The number of rotatable bonds is 12. The van der Waals surface area contributed by atoms with Gasteiger partial charge < -0.3 is 10.2 Å². The van der Waals surface area contributed by atoms with Crippen molar-refractivity contribution >= 4 is 50.7 Å². The van der Waals surface area contributed by atoms with Crippen LogP contribution in [0, 0.1) is 0 Å². The molecule has 2 aromatic rings. The third kappa shape index (κ3) is 7.85. The van der Waals surface area contributed by atoms with Crippen LogP contribution in [0.1, 0.15) is 57.6 Å². The van der Waals surface area contributed by atoms with Gasteiger partial charge in [0.05, 0.1) is 11.9 Å². The number of amides is 2. The molecule has 1 N–H and O–H groups in total. The summed E-state index contributed by atoms with van der Waals surface area (Å²) in [4.78, 5) is 28.2. The Balaban J connectivity index is 2.52. The molecule has 198 valence electrons. The molecule has 0 spiro atoms. The summed E-state index contributed by atoms with van der Waals surface area (Å²) in [5.41, 5.74) is 1.84. The molecule has 10 heteroatoms. The van der Waals surface area contributed by atoms with Gasteiger partial charge in [0.2, 0.25) is 21.8 Å². The fourth-order valence-electron chi connectivity index (χ4n) is 3.92. The van der Waals surface area contributed by atoms with Gasteiger partial charge in [-0.15, -0.1) is 0 Å². The molecule has 0 saturated heterocycles. The Hall–Kier alpha value is -2.29. The Bertz CT molecular complexity index is 1170. The maximum Gasteiger partial charge on any atom is 0.244 e. The number of nitrogens with one attached hydrogen (secondary N) is 1. The topological polar surface area (TPSA) is 86.8 Å². The van der Waals surface area contributed by atoms with Crippen LogP contribution < -0.4 is 9.62 Å². The first-order valence-corrected chi connectivity index (χ1v) is 14.6. The lowest BCUT2D eigenvalue weighted by Crippen LogP contribution is -2.52. The van der Waals surface area contributed by atoms with Gasteiger partial charge in [0.25, 0.3) is 0 Å². The van der Waals surface area contributed by atoms with E-state index in [1.807, 2.05) is 39.8 Å². The summed E-state index contributed by atoms with van der Waals surface area (Å²) < 4.78 is 26.8. The molecule has 2 amide bonds. The maximum absolute atomic E-state index is 13.8. The molecule has 0 radical (unpaired) electrons. The van der Waals surface area contributed by atoms with Gasteiger partial charge in [0, 0.05) is 23.1 Å². The molecule has 1 unspecified atom stereocenters. The highest BCUT2D eigenvalue weighted by atomic mass is 35.5. The van der Waals surface area contributed by atoms with Gasteiger partial charge in [-0.25, -0.2) is 8.42 Å². The first-order valence-electron chi connectivity index (χ1n) is 12.0. The van der Waals surface area contributed by atoms with Crippen molar-refractivity contribution in [2.75, 3.05) is 23.7 Å². The molecule has 0 aliphatic heterocycles. The minimum atomic E-state index is -3.81. The number of anilines is 1. The van der Waals surface area contributed by atoms with E-state index in [0.717, 1.165) is 22.5 Å². The quantitative estimate of drug-likeness (QED) is 0.389. The number of benzene rings is 2. The highest BCUT2D eigenvalue weighted by Gasteiger charge is 2.32. The van der Waals surface area contributed by atoms with Crippen LogP contribution in [0.3, 0.4) is 0 Å². The fourth-order valence-corrected chi connectivity index (χ4v) is 5.25. The van der Waals surface area contributed by atoms with Crippen molar-refractivity contribution in [3.63, 3.8) is 0 Å². The van der Waals surface area contributed by atoms with E-state index >= 15 is 0 Å². The molecule has 2 aromatic carbocycles. The Kier molecular flexibility index (Phi) is 11.1. The van der Waals surface area contributed by atoms with Crippen LogP contribution in [0.4, 0.5) is 5.69 Å². The second-order valence-electron chi connectivity index (χ2n) is 8.96. The van der Waals surface area contributed by atoms with E-state index in [1.165, 1.54) is 4.90 Å². The third-order valence-electron chi connectivity index (χ3n) is 5.80. The van der Waals surface area contributed by atoms with E-state index < -0.39 is 28.5 Å². The monoisotopic (exact) mass is 555 g/mol. The molecular formula is C26H35Cl2N3O4S. The van der Waals surface area contributed by atoms with Crippen molar-refractivity contribution in [2.45, 2.75) is 59.0 Å². The second kappa shape index (κ2) is 13.3.